The highest BCUT2D eigenvalue weighted by atomic mass is 35.5. The summed E-state index contributed by atoms with van der Waals surface area (Å²) in [5, 5.41) is 10.8. The first-order chi connectivity index (χ1) is 12.7. The van der Waals surface area contributed by atoms with E-state index in [1.807, 2.05) is 0 Å². The van der Waals surface area contributed by atoms with Crippen molar-refractivity contribution in [3.05, 3.63) is 23.2 Å². The minimum atomic E-state index is -5.22. The van der Waals surface area contributed by atoms with Gasteiger partial charge in [0.1, 0.15) is 5.75 Å². The van der Waals surface area contributed by atoms with Crippen LogP contribution >= 0.6 is 11.6 Å². The maximum Gasteiger partial charge on any atom is 0.426 e. The molecule has 0 bridgehead atoms. The highest BCUT2D eigenvalue weighted by Gasteiger charge is 2.55. The molecule has 7 nitrogen and oxygen atoms in total. The minimum absolute atomic E-state index is 0.272. The number of amides is 2. The maximum atomic E-state index is 12.7. The van der Waals surface area contributed by atoms with E-state index >= 15 is 0 Å². The Hall–Kier alpha value is -1.85. The minimum Gasteiger partial charge on any atom is -0.373 e. The fourth-order valence-electron chi connectivity index (χ4n) is 2.08. The lowest BCUT2D eigenvalue weighted by molar-refractivity contribution is -0.242. The lowest BCUT2D eigenvalue weighted by Gasteiger charge is -2.25. The molecule has 0 radical (unpaired) electrons. The average Bonchev–Trinajstić information content (AvgIpc) is 2.56. The Kier molecular flexibility index (Phi) is 7.48. The van der Waals surface area contributed by atoms with Crippen molar-refractivity contribution in [3.8, 4) is 0 Å². The maximum absolute atomic E-state index is 12.7. The molecule has 0 aromatic heterocycles. The third-order valence-electron chi connectivity index (χ3n) is 3.97. The van der Waals surface area contributed by atoms with Crippen LogP contribution in [0.4, 0.5) is 18.9 Å². The van der Waals surface area contributed by atoms with E-state index in [0.29, 0.717) is 13.1 Å². The summed E-state index contributed by atoms with van der Waals surface area (Å²) in [7, 11) is -4.06. The van der Waals surface area contributed by atoms with Gasteiger partial charge in [-0.15, -0.1) is 0 Å². The number of hydrogen-bond donors (Lipinski definition) is 2. The van der Waals surface area contributed by atoms with Gasteiger partial charge in [0, 0.05) is 13.1 Å². The normalized spacial score (nSPS) is 14.3. The lowest BCUT2D eigenvalue weighted by atomic mass is 10.1. The van der Waals surface area contributed by atoms with Gasteiger partial charge in [0.25, 0.3) is 5.91 Å². The van der Waals surface area contributed by atoms with Crippen LogP contribution in [0.15, 0.2) is 23.1 Å². The van der Waals surface area contributed by atoms with E-state index in [1.165, 1.54) is 4.90 Å². The number of sulfone groups is 1. The zero-order valence-corrected chi connectivity index (χ0v) is 16.9. The molecule has 0 spiro atoms. The van der Waals surface area contributed by atoms with Gasteiger partial charge >= 0.3 is 6.18 Å². The number of carbonyl (C=O) groups is 2. The number of hydrogen-bond acceptors (Lipinski definition) is 5. The Morgan fingerprint density at radius 1 is 1.21 bits per heavy atom. The van der Waals surface area contributed by atoms with Gasteiger partial charge < -0.3 is 15.3 Å². The fourth-order valence-corrected chi connectivity index (χ4v) is 3.62. The molecule has 12 heteroatoms. The van der Waals surface area contributed by atoms with E-state index in [4.69, 9.17) is 11.6 Å². The monoisotopic (exact) mass is 444 g/mol. The molecule has 1 aromatic rings. The standard InChI is InChI=1S/C16H20ClF3N2O5S/c1-4-22(5-2)13(23)9-28(26,27)10-6-7-12(11(17)8-10)21-14(24)15(3,25)16(18,19)20/h6-8,25H,4-5,9H2,1-3H3,(H,21,24)/t15-/m1/s1. The third kappa shape index (κ3) is 5.36. The number of anilines is 1. The molecule has 0 fully saturated rings. The third-order valence-corrected chi connectivity index (χ3v) is 5.88. The highest BCUT2D eigenvalue weighted by molar-refractivity contribution is 7.92. The zero-order valence-electron chi connectivity index (χ0n) is 15.3. The fraction of sp³-hybridized carbons (Fsp3) is 0.500. The smallest absolute Gasteiger partial charge is 0.373 e. The summed E-state index contributed by atoms with van der Waals surface area (Å²) in [5.74, 6) is -3.20. The van der Waals surface area contributed by atoms with Crippen LogP contribution in [-0.2, 0) is 19.4 Å². The second-order valence-electron chi connectivity index (χ2n) is 5.99. The molecule has 2 N–H and O–H groups in total. The first kappa shape index (κ1) is 24.2. The van der Waals surface area contributed by atoms with Crippen LogP contribution in [0, 0.1) is 0 Å². The van der Waals surface area contributed by atoms with Crippen LogP contribution in [0.3, 0.4) is 0 Å². The number of benzene rings is 1. The van der Waals surface area contributed by atoms with Gasteiger partial charge in [-0.1, -0.05) is 11.6 Å². The van der Waals surface area contributed by atoms with Gasteiger partial charge in [0.15, 0.2) is 9.84 Å². The van der Waals surface area contributed by atoms with Crippen molar-refractivity contribution < 1.29 is 36.3 Å². The van der Waals surface area contributed by atoms with E-state index < -0.39 is 39.2 Å². The lowest BCUT2D eigenvalue weighted by Crippen LogP contribution is -2.52. The quantitative estimate of drug-likeness (QED) is 0.671. The van der Waals surface area contributed by atoms with Gasteiger partial charge in [0.2, 0.25) is 11.5 Å². The number of aliphatic hydroxyl groups is 1. The summed E-state index contributed by atoms with van der Waals surface area (Å²) >= 11 is 5.86. The molecule has 0 saturated heterocycles. The van der Waals surface area contributed by atoms with Crippen molar-refractivity contribution in [2.45, 2.75) is 37.4 Å². The molecule has 2 amide bonds. The van der Waals surface area contributed by atoms with Crippen LogP contribution in [0.2, 0.25) is 5.02 Å². The number of rotatable bonds is 7. The predicted octanol–water partition coefficient (Wildman–Crippen LogP) is 2.23. The Morgan fingerprint density at radius 3 is 2.18 bits per heavy atom. The van der Waals surface area contributed by atoms with E-state index in [-0.39, 0.29) is 22.5 Å². The first-order valence-electron chi connectivity index (χ1n) is 8.08. The van der Waals surface area contributed by atoms with E-state index in [1.54, 1.807) is 19.2 Å². The summed E-state index contributed by atoms with van der Waals surface area (Å²) in [6, 6.07) is 2.88. The zero-order chi connectivity index (χ0) is 21.9. The van der Waals surface area contributed by atoms with Gasteiger partial charge in [-0.3, -0.25) is 9.59 Å². The second kappa shape index (κ2) is 8.66. The molecule has 1 rings (SSSR count). The molecule has 1 atom stereocenters. The predicted molar refractivity (Wildman–Crippen MR) is 96.7 cm³/mol. The van der Waals surface area contributed by atoms with Crippen molar-refractivity contribution in [2.75, 3.05) is 24.2 Å². The van der Waals surface area contributed by atoms with E-state index in [0.717, 1.165) is 18.2 Å². The first-order valence-corrected chi connectivity index (χ1v) is 10.1. The van der Waals surface area contributed by atoms with Crippen molar-refractivity contribution >= 4 is 38.9 Å². The van der Waals surface area contributed by atoms with Crippen LogP contribution in [0.25, 0.3) is 0 Å². The molecule has 0 unspecified atom stereocenters. The topological polar surface area (TPSA) is 104 Å². The SMILES string of the molecule is CCN(CC)C(=O)CS(=O)(=O)c1ccc(NC(=O)[C@@](C)(O)C(F)(F)F)c(Cl)c1. The molecular formula is C16H20ClF3N2O5S. The highest BCUT2D eigenvalue weighted by Crippen LogP contribution is 2.32. The summed E-state index contributed by atoms with van der Waals surface area (Å²) in [6.45, 7) is 4.32. The molecule has 0 aliphatic carbocycles. The van der Waals surface area contributed by atoms with Gasteiger partial charge in [-0.25, -0.2) is 8.42 Å². The Labute approximate surface area is 165 Å². The molecule has 158 valence electrons. The Morgan fingerprint density at radius 2 is 1.75 bits per heavy atom. The Balaban J connectivity index is 3.07. The second-order valence-corrected chi connectivity index (χ2v) is 8.39. The number of halogens is 4. The summed E-state index contributed by atoms with van der Waals surface area (Å²) < 4.78 is 62.8. The van der Waals surface area contributed by atoms with E-state index in [2.05, 4.69) is 0 Å². The summed E-state index contributed by atoms with van der Waals surface area (Å²) in [5.41, 5.74) is -4.00. The number of nitrogens with zero attached hydrogens (tertiary/aromatic N) is 1. The van der Waals surface area contributed by atoms with Crippen LogP contribution in [0.5, 0.6) is 0 Å². The van der Waals surface area contributed by atoms with Crippen LogP contribution < -0.4 is 5.32 Å². The Bertz CT molecular complexity index is 852. The van der Waals surface area contributed by atoms with Crippen molar-refractivity contribution in [1.82, 2.24) is 4.90 Å². The van der Waals surface area contributed by atoms with Gasteiger partial charge in [0.05, 0.1) is 15.6 Å². The molecule has 0 heterocycles. The number of alkyl halides is 3. The molecule has 0 aliphatic rings. The summed E-state index contributed by atoms with van der Waals surface area (Å²) in [6.07, 6.45) is -5.22. The number of nitrogens with one attached hydrogen (secondary N) is 1. The van der Waals surface area contributed by atoms with Gasteiger partial charge in [-0.05, 0) is 39.0 Å². The largest absolute Gasteiger partial charge is 0.426 e. The molecule has 0 aliphatic heterocycles. The number of carbonyl (C=O) groups excluding carboxylic acids is 2. The molecule has 28 heavy (non-hydrogen) atoms. The molecule has 0 saturated carbocycles. The van der Waals surface area contributed by atoms with Crippen LogP contribution in [-0.4, -0.2) is 60.9 Å². The van der Waals surface area contributed by atoms with Crippen molar-refractivity contribution in [3.63, 3.8) is 0 Å². The van der Waals surface area contributed by atoms with Crippen molar-refractivity contribution in [1.29, 1.82) is 0 Å². The molecule has 1 aromatic carbocycles. The average molecular weight is 445 g/mol. The van der Waals surface area contributed by atoms with Crippen molar-refractivity contribution in [2.24, 2.45) is 0 Å². The summed E-state index contributed by atoms with van der Waals surface area (Å²) in [4.78, 5) is 24.7. The van der Waals surface area contributed by atoms with Gasteiger partial charge in [-0.2, -0.15) is 13.2 Å². The molecular weight excluding hydrogens is 425 g/mol. The van der Waals surface area contributed by atoms with E-state index in [9.17, 15) is 36.3 Å². The van der Waals surface area contributed by atoms with Crippen LogP contribution in [0.1, 0.15) is 20.8 Å².